The molecule has 4 saturated carbocycles. The van der Waals surface area contributed by atoms with Crippen LogP contribution in [0.25, 0.3) is 0 Å². The van der Waals surface area contributed by atoms with Crippen molar-refractivity contribution < 1.29 is 0 Å². The Morgan fingerprint density at radius 1 is 0.957 bits per heavy atom. The number of rotatable bonds is 5. The Morgan fingerprint density at radius 3 is 1.96 bits per heavy atom. The zero-order valence-electron chi connectivity index (χ0n) is 15.2. The molecule has 4 aliphatic carbocycles. The fraction of sp³-hybridized carbons (Fsp3) is 0.727. The van der Waals surface area contributed by atoms with Gasteiger partial charge in [0.25, 0.3) is 0 Å². The van der Waals surface area contributed by atoms with E-state index in [0.717, 1.165) is 24.3 Å². The lowest BCUT2D eigenvalue weighted by atomic mass is 9.49. The highest BCUT2D eigenvalue weighted by Gasteiger charge is 2.50. The van der Waals surface area contributed by atoms with Crippen molar-refractivity contribution in [3.63, 3.8) is 0 Å². The highest BCUT2D eigenvalue weighted by molar-refractivity contribution is 5.24. The summed E-state index contributed by atoms with van der Waals surface area (Å²) < 4.78 is 0. The van der Waals surface area contributed by atoms with Gasteiger partial charge >= 0.3 is 0 Å². The van der Waals surface area contributed by atoms with E-state index in [-0.39, 0.29) is 0 Å². The van der Waals surface area contributed by atoms with Crippen molar-refractivity contribution in [2.24, 2.45) is 23.2 Å². The summed E-state index contributed by atoms with van der Waals surface area (Å²) in [5.74, 6) is 3.84. The van der Waals surface area contributed by atoms with Crippen molar-refractivity contribution in [2.75, 3.05) is 13.6 Å². The normalized spacial score (nSPS) is 35.4. The van der Waals surface area contributed by atoms with Crippen LogP contribution in [0.15, 0.2) is 24.3 Å². The van der Waals surface area contributed by atoms with Crippen LogP contribution >= 0.6 is 0 Å². The largest absolute Gasteiger partial charge is 0.302 e. The van der Waals surface area contributed by atoms with E-state index < -0.39 is 0 Å². The number of nitrogens with zero attached hydrogens (tertiary/aromatic N) is 1. The predicted molar refractivity (Wildman–Crippen MR) is 97.5 cm³/mol. The highest BCUT2D eigenvalue weighted by Crippen LogP contribution is 2.60. The second-order valence-corrected chi connectivity index (χ2v) is 9.49. The molecule has 1 aromatic carbocycles. The Hall–Kier alpha value is -0.820. The Bertz CT molecular complexity index is 506. The van der Waals surface area contributed by atoms with Crippen molar-refractivity contribution in [2.45, 2.75) is 64.8 Å². The van der Waals surface area contributed by atoms with E-state index in [2.05, 4.69) is 50.1 Å². The second kappa shape index (κ2) is 5.92. The summed E-state index contributed by atoms with van der Waals surface area (Å²) in [6.07, 6.45) is 9.24. The van der Waals surface area contributed by atoms with E-state index in [9.17, 15) is 0 Å². The molecule has 5 rings (SSSR count). The predicted octanol–water partition coefficient (Wildman–Crippen LogP) is 5.46. The molecule has 0 spiro atoms. The zero-order chi connectivity index (χ0) is 16.0. The van der Waals surface area contributed by atoms with Gasteiger partial charge in [0.1, 0.15) is 0 Å². The van der Waals surface area contributed by atoms with Crippen LogP contribution in [0.5, 0.6) is 0 Å². The third-order valence-electron chi connectivity index (χ3n) is 6.87. The maximum Gasteiger partial charge on any atom is 0.0230 e. The first-order chi connectivity index (χ1) is 11.0. The SMILES string of the molecule is CC(C)c1ccc(CN(C)CC23CC4CC(CC(C4)C2)C3)cc1. The van der Waals surface area contributed by atoms with Gasteiger partial charge in [0.15, 0.2) is 0 Å². The van der Waals surface area contributed by atoms with Crippen LogP contribution in [0.2, 0.25) is 0 Å². The van der Waals surface area contributed by atoms with Gasteiger partial charge in [-0.15, -0.1) is 0 Å². The smallest absolute Gasteiger partial charge is 0.0230 e. The molecule has 4 bridgehead atoms. The number of benzene rings is 1. The van der Waals surface area contributed by atoms with Gasteiger partial charge in [-0.05, 0) is 85.8 Å². The molecule has 0 aromatic heterocycles. The fourth-order valence-electron chi connectivity index (χ4n) is 6.43. The third-order valence-corrected chi connectivity index (χ3v) is 6.87. The fourth-order valence-corrected chi connectivity index (χ4v) is 6.43. The molecule has 0 unspecified atom stereocenters. The Labute approximate surface area is 142 Å². The minimum absolute atomic E-state index is 0.633. The maximum absolute atomic E-state index is 2.61. The highest BCUT2D eigenvalue weighted by atomic mass is 15.1. The molecule has 4 aliphatic rings. The molecule has 0 heterocycles. The summed E-state index contributed by atoms with van der Waals surface area (Å²) in [6, 6.07) is 9.31. The summed E-state index contributed by atoms with van der Waals surface area (Å²) in [5.41, 5.74) is 3.60. The average Bonchev–Trinajstić information content (AvgIpc) is 2.45. The van der Waals surface area contributed by atoms with E-state index in [1.807, 2.05) is 0 Å². The molecule has 126 valence electrons. The molecule has 1 nitrogen and oxygen atoms in total. The monoisotopic (exact) mass is 311 g/mol. The third kappa shape index (κ3) is 3.22. The molecule has 0 atom stereocenters. The van der Waals surface area contributed by atoms with Crippen LogP contribution in [0.4, 0.5) is 0 Å². The van der Waals surface area contributed by atoms with Crippen molar-refractivity contribution in [1.29, 1.82) is 0 Å². The summed E-state index contributed by atoms with van der Waals surface area (Å²) >= 11 is 0. The molecular weight excluding hydrogens is 278 g/mol. The van der Waals surface area contributed by atoms with Crippen LogP contribution in [0.3, 0.4) is 0 Å². The van der Waals surface area contributed by atoms with Crippen LogP contribution < -0.4 is 0 Å². The van der Waals surface area contributed by atoms with E-state index in [1.54, 1.807) is 19.3 Å². The number of hydrogen-bond acceptors (Lipinski definition) is 1. The Balaban J connectivity index is 1.39. The van der Waals surface area contributed by atoms with Gasteiger partial charge in [-0.3, -0.25) is 0 Å². The second-order valence-electron chi connectivity index (χ2n) is 9.49. The first-order valence-corrected chi connectivity index (χ1v) is 9.79. The minimum atomic E-state index is 0.633. The molecule has 0 saturated heterocycles. The van der Waals surface area contributed by atoms with Gasteiger partial charge in [-0.1, -0.05) is 38.1 Å². The summed E-state index contributed by atoms with van der Waals surface area (Å²) in [7, 11) is 2.34. The van der Waals surface area contributed by atoms with Crippen LogP contribution in [0, 0.1) is 23.2 Å². The lowest BCUT2D eigenvalue weighted by molar-refractivity contribution is -0.0670. The van der Waals surface area contributed by atoms with Crippen molar-refractivity contribution in [3.8, 4) is 0 Å². The van der Waals surface area contributed by atoms with Crippen LogP contribution in [-0.2, 0) is 6.54 Å². The molecule has 0 radical (unpaired) electrons. The standard InChI is InChI=1S/C22H33N/c1-16(2)21-6-4-17(5-7-21)14-23(3)15-22-11-18-8-19(12-22)10-20(9-18)13-22/h4-7,16,18-20H,8-15H2,1-3H3. The topological polar surface area (TPSA) is 3.24 Å². The molecular formula is C22H33N. The van der Waals surface area contributed by atoms with Gasteiger partial charge in [0.05, 0.1) is 0 Å². The zero-order valence-corrected chi connectivity index (χ0v) is 15.2. The number of hydrogen-bond donors (Lipinski definition) is 0. The molecule has 0 amide bonds. The Morgan fingerprint density at radius 2 is 1.48 bits per heavy atom. The molecule has 23 heavy (non-hydrogen) atoms. The van der Waals surface area contributed by atoms with Gasteiger partial charge in [0.2, 0.25) is 0 Å². The lowest BCUT2D eigenvalue weighted by Crippen LogP contribution is -2.50. The van der Waals surface area contributed by atoms with Gasteiger partial charge < -0.3 is 4.90 Å². The van der Waals surface area contributed by atoms with Crippen LogP contribution in [0.1, 0.15) is 69.4 Å². The van der Waals surface area contributed by atoms with Crippen molar-refractivity contribution in [1.82, 2.24) is 4.90 Å². The van der Waals surface area contributed by atoms with E-state index in [0.29, 0.717) is 11.3 Å². The molecule has 0 N–H and O–H groups in total. The van der Waals surface area contributed by atoms with Gasteiger partial charge in [0, 0.05) is 13.1 Å². The first kappa shape index (κ1) is 15.7. The van der Waals surface area contributed by atoms with Crippen LogP contribution in [-0.4, -0.2) is 18.5 Å². The Kier molecular flexibility index (Phi) is 4.04. The summed E-state index contributed by atoms with van der Waals surface area (Å²) in [4.78, 5) is 2.61. The summed E-state index contributed by atoms with van der Waals surface area (Å²) in [6.45, 7) is 6.98. The van der Waals surface area contributed by atoms with E-state index in [1.165, 1.54) is 36.9 Å². The first-order valence-electron chi connectivity index (χ1n) is 9.79. The minimum Gasteiger partial charge on any atom is -0.302 e. The van der Waals surface area contributed by atoms with E-state index in [4.69, 9.17) is 0 Å². The van der Waals surface area contributed by atoms with Crippen molar-refractivity contribution >= 4 is 0 Å². The summed E-state index contributed by atoms with van der Waals surface area (Å²) in [5, 5.41) is 0. The van der Waals surface area contributed by atoms with Gasteiger partial charge in [-0.2, -0.15) is 0 Å². The molecule has 1 heteroatoms. The quantitative estimate of drug-likeness (QED) is 0.698. The van der Waals surface area contributed by atoms with Gasteiger partial charge in [-0.25, -0.2) is 0 Å². The average molecular weight is 312 g/mol. The van der Waals surface area contributed by atoms with Crippen molar-refractivity contribution in [3.05, 3.63) is 35.4 Å². The molecule has 4 fully saturated rings. The maximum atomic E-state index is 2.61. The lowest BCUT2D eigenvalue weighted by Gasteiger charge is -2.57. The molecule has 1 aromatic rings. The van der Waals surface area contributed by atoms with E-state index >= 15 is 0 Å². The molecule has 0 aliphatic heterocycles.